The summed E-state index contributed by atoms with van der Waals surface area (Å²) in [6, 6.07) is 26.8. The number of carbonyl (C=O) groups excluding carboxylic acids is 2. The van der Waals surface area contributed by atoms with Crippen LogP contribution in [0.1, 0.15) is 100 Å². The van der Waals surface area contributed by atoms with E-state index < -0.39 is 21.7 Å². The molecule has 1 aliphatic rings. The number of amides is 1. The number of sulfonamides is 1. The molecule has 63 heavy (non-hydrogen) atoms. The van der Waals surface area contributed by atoms with Crippen LogP contribution in [-0.2, 0) is 32.5 Å². The van der Waals surface area contributed by atoms with Gasteiger partial charge in [0.05, 0.1) is 33.8 Å². The molecule has 0 unspecified atom stereocenters. The number of nitriles is 1. The van der Waals surface area contributed by atoms with Gasteiger partial charge in [-0.15, -0.1) is 21.5 Å². The number of rotatable bonds is 11. The van der Waals surface area contributed by atoms with Crippen molar-refractivity contribution in [2.45, 2.75) is 84.4 Å². The van der Waals surface area contributed by atoms with Gasteiger partial charge < -0.3 is 15.0 Å². The van der Waals surface area contributed by atoms with Crippen LogP contribution in [-0.4, -0.2) is 51.4 Å². The zero-order valence-corrected chi connectivity index (χ0v) is 37.6. The van der Waals surface area contributed by atoms with Crippen LogP contribution < -0.4 is 10.0 Å². The van der Waals surface area contributed by atoms with Gasteiger partial charge in [-0.3, -0.25) is 23.9 Å². The summed E-state index contributed by atoms with van der Waals surface area (Å²) in [5.74, 6) is 0.674. The Labute approximate surface area is 369 Å². The summed E-state index contributed by atoms with van der Waals surface area (Å²) in [6.45, 7) is 13.8. The number of hydrogen-bond acceptors (Lipinski definition) is 10. The lowest BCUT2D eigenvalue weighted by Gasteiger charge is -2.21. The van der Waals surface area contributed by atoms with Gasteiger partial charge in [-0.2, -0.15) is 5.26 Å². The Bertz CT molecular complexity index is 3090. The molecule has 1 aliphatic heterocycles. The van der Waals surface area contributed by atoms with Gasteiger partial charge in [0, 0.05) is 39.7 Å². The highest BCUT2D eigenvalue weighted by molar-refractivity contribution is 7.92. The number of esters is 1. The lowest BCUT2D eigenvalue weighted by atomic mass is 9.96. The van der Waals surface area contributed by atoms with E-state index in [-0.39, 0.29) is 29.7 Å². The van der Waals surface area contributed by atoms with Crippen molar-refractivity contribution in [1.29, 1.82) is 5.26 Å². The van der Waals surface area contributed by atoms with E-state index >= 15 is 0 Å². The molecular formula is C48H46N8O5S2. The van der Waals surface area contributed by atoms with E-state index in [4.69, 9.17) is 9.73 Å². The first-order valence-electron chi connectivity index (χ1n) is 20.5. The van der Waals surface area contributed by atoms with Gasteiger partial charge in [-0.1, -0.05) is 61.5 Å². The Kier molecular flexibility index (Phi) is 11.4. The van der Waals surface area contributed by atoms with Gasteiger partial charge in [-0.05, 0) is 106 Å². The number of aliphatic imine (C=N–C) groups is 1. The van der Waals surface area contributed by atoms with Crippen LogP contribution in [0.2, 0.25) is 0 Å². The van der Waals surface area contributed by atoms with E-state index in [0.717, 1.165) is 54.5 Å². The number of carbonyl (C=O) groups is 2. The minimum atomic E-state index is -3.95. The van der Waals surface area contributed by atoms with E-state index in [1.54, 1.807) is 47.9 Å². The number of anilines is 1. The number of ether oxygens (including phenoxy) is 1. The Morgan fingerprint density at radius 1 is 0.921 bits per heavy atom. The molecule has 0 fully saturated rings. The number of fused-ring (bicyclic) bond motifs is 4. The van der Waals surface area contributed by atoms with Gasteiger partial charge in [0.25, 0.3) is 15.9 Å². The lowest BCUT2D eigenvalue weighted by Crippen LogP contribution is -2.25. The predicted octanol–water partition coefficient (Wildman–Crippen LogP) is 9.19. The molecule has 0 spiro atoms. The number of nitrogens with zero attached hydrogens (tertiary/aromatic N) is 5. The predicted molar refractivity (Wildman–Crippen MR) is 245 cm³/mol. The molecule has 4 aromatic carbocycles. The SMILES string of the molecule is CCc1ccc(NS(=O)(=O)c2ccc(CNC(=O)c3ccc(-c4ccc(C5=N[C@@H](CC(=O)OC(C)(C)C)c6nnc(C)n6-c6sc(C)c(C)c65)cc4)cc3)cc2)c2[nH]cc(C#N)c12. The average Bonchev–Trinajstić information content (AvgIpc) is 3.93. The molecule has 0 saturated carbocycles. The van der Waals surface area contributed by atoms with Crippen molar-refractivity contribution in [3.05, 3.63) is 147 Å². The fraction of sp³-hybridized carbons (Fsp3) is 0.250. The normalized spacial score (nSPS) is 13.7. The number of benzene rings is 4. The van der Waals surface area contributed by atoms with Crippen molar-refractivity contribution in [2.75, 3.05) is 4.72 Å². The summed E-state index contributed by atoms with van der Waals surface area (Å²) in [5.41, 5.74) is 8.47. The first-order valence-corrected chi connectivity index (χ1v) is 22.8. The minimum absolute atomic E-state index is 0.0118. The third-order valence-corrected chi connectivity index (χ3v) is 13.6. The second kappa shape index (κ2) is 16.8. The van der Waals surface area contributed by atoms with E-state index in [9.17, 15) is 23.3 Å². The van der Waals surface area contributed by atoms with E-state index in [1.165, 1.54) is 12.1 Å². The van der Waals surface area contributed by atoms with Crippen molar-refractivity contribution in [2.24, 2.45) is 4.99 Å². The Balaban J connectivity index is 0.949. The molecule has 15 heteroatoms. The van der Waals surface area contributed by atoms with Crippen LogP contribution in [0.3, 0.4) is 0 Å². The van der Waals surface area contributed by atoms with Crippen molar-refractivity contribution in [3.63, 3.8) is 0 Å². The van der Waals surface area contributed by atoms with Crippen LogP contribution in [0.25, 0.3) is 27.0 Å². The average molecular weight is 879 g/mol. The lowest BCUT2D eigenvalue weighted by molar-refractivity contribution is -0.155. The first-order chi connectivity index (χ1) is 30.0. The number of aromatic amines is 1. The fourth-order valence-corrected chi connectivity index (χ4v) is 10.0. The fourth-order valence-electron chi connectivity index (χ4n) is 7.76. The number of H-pyrrole nitrogens is 1. The zero-order valence-electron chi connectivity index (χ0n) is 36.0. The van der Waals surface area contributed by atoms with Crippen molar-refractivity contribution in [1.82, 2.24) is 25.1 Å². The first kappa shape index (κ1) is 42.8. The van der Waals surface area contributed by atoms with E-state index in [1.807, 2.05) is 81.7 Å². The molecule has 4 heterocycles. The molecule has 1 atom stereocenters. The summed E-state index contributed by atoms with van der Waals surface area (Å²) in [6.07, 6.45) is 2.29. The maximum Gasteiger partial charge on any atom is 0.308 e. The third-order valence-electron chi connectivity index (χ3n) is 11.0. The molecule has 320 valence electrons. The molecule has 8 rings (SSSR count). The number of hydrogen-bond donors (Lipinski definition) is 3. The van der Waals surface area contributed by atoms with Crippen LogP contribution in [0.5, 0.6) is 0 Å². The van der Waals surface area contributed by atoms with Crippen LogP contribution in [0.15, 0.2) is 101 Å². The highest BCUT2D eigenvalue weighted by atomic mass is 32.2. The van der Waals surface area contributed by atoms with Gasteiger partial charge in [-0.25, -0.2) is 8.42 Å². The molecule has 0 radical (unpaired) electrons. The largest absolute Gasteiger partial charge is 0.460 e. The van der Waals surface area contributed by atoms with Gasteiger partial charge >= 0.3 is 5.97 Å². The molecule has 0 bridgehead atoms. The number of aromatic nitrogens is 4. The van der Waals surface area contributed by atoms with Crippen molar-refractivity contribution in [3.8, 4) is 22.2 Å². The Morgan fingerprint density at radius 3 is 2.24 bits per heavy atom. The second-order valence-corrected chi connectivity index (χ2v) is 19.4. The monoisotopic (exact) mass is 878 g/mol. The van der Waals surface area contributed by atoms with E-state index in [2.05, 4.69) is 45.1 Å². The van der Waals surface area contributed by atoms with Crippen LogP contribution >= 0.6 is 11.3 Å². The maximum absolute atomic E-state index is 13.4. The summed E-state index contributed by atoms with van der Waals surface area (Å²) in [4.78, 5) is 35.8. The van der Waals surface area contributed by atoms with E-state index in [0.29, 0.717) is 45.8 Å². The second-order valence-electron chi connectivity index (χ2n) is 16.5. The van der Waals surface area contributed by atoms with Crippen molar-refractivity contribution >= 4 is 55.5 Å². The molecule has 7 aromatic rings. The van der Waals surface area contributed by atoms with Crippen LogP contribution in [0, 0.1) is 32.1 Å². The highest BCUT2D eigenvalue weighted by Gasteiger charge is 2.33. The van der Waals surface area contributed by atoms with Gasteiger partial charge in [0.2, 0.25) is 0 Å². The zero-order chi connectivity index (χ0) is 44.8. The summed E-state index contributed by atoms with van der Waals surface area (Å²) in [7, 11) is -3.95. The van der Waals surface area contributed by atoms with Crippen molar-refractivity contribution < 1.29 is 22.7 Å². The Hall–Kier alpha value is -6.89. The maximum atomic E-state index is 13.4. The summed E-state index contributed by atoms with van der Waals surface area (Å²) < 4.78 is 37.1. The molecule has 3 aromatic heterocycles. The van der Waals surface area contributed by atoms with Gasteiger partial charge in [0.15, 0.2) is 5.82 Å². The summed E-state index contributed by atoms with van der Waals surface area (Å²) in [5, 5.41) is 23.0. The molecular weight excluding hydrogens is 833 g/mol. The molecule has 3 N–H and O–H groups in total. The Morgan fingerprint density at radius 2 is 1.59 bits per heavy atom. The molecule has 1 amide bonds. The standard InChI is InChI=1S/C48H46N8O5S2/c1-8-31-19-22-38(44-42(31)36(24-49)26-50-44)55-63(59,60)37-20-9-30(10-21-37)25-51-46(58)35-17-13-33(14-18-35)32-11-15-34(16-12-32)43-41-27(2)28(3)62-47(41)56-29(4)53-54-45(56)39(52-43)23-40(57)61-48(5,6)7/h9-22,26,39,50,55H,8,23,25H2,1-7H3,(H,51,58)/t39-/m0/s1. The molecule has 0 saturated heterocycles. The van der Waals surface area contributed by atoms with Gasteiger partial charge in [0.1, 0.15) is 28.5 Å². The molecule has 0 aliphatic carbocycles. The quantitative estimate of drug-likeness (QED) is 0.107. The minimum Gasteiger partial charge on any atom is -0.460 e. The molecule has 13 nitrogen and oxygen atoms in total. The number of thiophene rings is 1. The van der Waals surface area contributed by atoms with Crippen LogP contribution in [0.4, 0.5) is 5.69 Å². The number of aryl methyl sites for hydroxylation is 3. The smallest absolute Gasteiger partial charge is 0.308 e. The highest BCUT2D eigenvalue weighted by Crippen LogP contribution is 2.40. The third kappa shape index (κ3) is 8.52. The topological polar surface area (TPSA) is 184 Å². The summed E-state index contributed by atoms with van der Waals surface area (Å²) >= 11 is 1.65. The number of nitrogens with one attached hydrogen (secondary N) is 3.